The van der Waals surface area contributed by atoms with Gasteiger partial charge in [0.25, 0.3) is 5.91 Å². The van der Waals surface area contributed by atoms with E-state index in [4.69, 9.17) is 14.2 Å². The molecule has 3 aromatic rings. The van der Waals surface area contributed by atoms with Gasteiger partial charge in [0.15, 0.2) is 18.1 Å². The van der Waals surface area contributed by atoms with Crippen molar-refractivity contribution in [2.75, 3.05) is 26.1 Å². The van der Waals surface area contributed by atoms with Crippen molar-refractivity contribution in [3.63, 3.8) is 0 Å². The normalized spacial score (nSPS) is 10.6. The Kier molecular flexibility index (Phi) is 11.1. The average molecular weight is 644 g/mol. The lowest BCUT2D eigenvalue weighted by molar-refractivity contribution is -0.139. The maximum atomic E-state index is 12.4. The van der Waals surface area contributed by atoms with Gasteiger partial charge in [0.2, 0.25) is 0 Å². The zero-order valence-electron chi connectivity index (χ0n) is 21.7. The van der Waals surface area contributed by atoms with Gasteiger partial charge < -0.3 is 24.8 Å². The molecule has 0 saturated carbocycles. The lowest BCUT2D eigenvalue weighted by Gasteiger charge is -2.13. The third-order valence-corrected chi connectivity index (χ3v) is 6.24. The lowest BCUT2D eigenvalue weighted by atomic mass is 10.1. The summed E-state index contributed by atoms with van der Waals surface area (Å²) in [5.41, 5.74) is 5.46. The molecule has 0 aliphatic carbocycles. The summed E-state index contributed by atoms with van der Waals surface area (Å²) in [6.45, 7) is 2.03. The number of nitrogens with zero attached hydrogens (tertiary/aromatic N) is 1. The maximum absolute atomic E-state index is 12.4. The minimum Gasteiger partial charge on any atom is -0.497 e. The Bertz CT molecular complexity index is 1330. The fourth-order valence-electron chi connectivity index (χ4n) is 3.34. The van der Waals surface area contributed by atoms with Crippen LogP contribution >= 0.6 is 22.6 Å². The van der Waals surface area contributed by atoms with Crippen LogP contribution in [0.25, 0.3) is 0 Å². The Morgan fingerprint density at radius 3 is 2.26 bits per heavy atom. The maximum Gasteiger partial charge on any atom is 0.329 e. The number of anilines is 1. The van der Waals surface area contributed by atoms with Crippen molar-refractivity contribution in [3.05, 3.63) is 80.9 Å². The molecular formula is C28H29IN4O6. The first-order chi connectivity index (χ1) is 18.8. The van der Waals surface area contributed by atoms with Gasteiger partial charge >= 0.3 is 11.8 Å². The summed E-state index contributed by atoms with van der Waals surface area (Å²) in [4.78, 5) is 36.5. The molecule has 10 nitrogen and oxygen atoms in total. The molecule has 0 heterocycles. The highest BCUT2D eigenvalue weighted by atomic mass is 127. The first-order valence-corrected chi connectivity index (χ1v) is 13.0. The van der Waals surface area contributed by atoms with E-state index in [1.165, 1.54) is 18.9 Å². The van der Waals surface area contributed by atoms with Gasteiger partial charge in [0.1, 0.15) is 5.75 Å². The van der Waals surface area contributed by atoms with E-state index in [2.05, 4.69) is 50.7 Å². The smallest absolute Gasteiger partial charge is 0.329 e. The van der Waals surface area contributed by atoms with Crippen molar-refractivity contribution >= 4 is 52.2 Å². The average Bonchev–Trinajstić information content (AvgIpc) is 2.95. The van der Waals surface area contributed by atoms with Crippen molar-refractivity contribution in [3.8, 4) is 17.2 Å². The molecule has 3 N–H and O–H groups in total. The number of carbonyl (C=O) groups excluding carboxylic acids is 3. The predicted molar refractivity (Wildman–Crippen MR) is 156 cm³/mol. The second kappa shape index (κ2) is 14.7. The number of hydrazone groups is 1. The van der Waals surface area contributed by atoms with Crippen molar-refractivity contribution in [1.29, 1.82) is 0 Å². The summed E-state index contributed by atoms with van der Waals surface area (Å²) in [6, 6.07) is 18.1. The SMILES string of the molecule is CCc1ccc(NC(=O)COc2c(I)cc(/C=N\NC(=O)C(=O)NCc3ccc(OC)cc3)cc2OC)cc1. The van der Waals surface area contributed by atoms with Crippen LogP contribution in [-0.2, 0) is 27.3 Å². The van der Waals surface area contributed by atoms with E-state index in [-0.39, 0.29) is 19.1 Å². The first kappa shape index (κ1) is 29.4. The number of amides is 3. The summed E-state index contributed by atoms with van der Waals surface area (Å²) in [5, 5.41) is 9.18. The van der Waals surface area contributed by atoms with Crippen LogP contribution in [0.15, 0.2) is 65.8 Å². The fraction of sp³-hybridized carbons (Fsp3) is 0.214. The molecule has 3 amide bonds. The minimum atomic E-state index is -0.906. The molecule has 204 valence electrons. The molecule has 0 bridgehead atoms. The van der Waals surface area contributed by atoms with Crippen molar-refractivity contribution in [1.82, 2.24) is 10.7 Å². The fourth-order valence-corrected chi connectivity index (χ4v) is 4.12. The van der Waals surface area contributed by atoms with E-state index in [1.54, 1.807) is 43.5 Å². The van der Waals surface area contributed by atoms with Gasteiger partial charge in [-0.2, -0.15) is 5.10 Å². The molecule has 0 aromatic heterocycles. The first-order valence-electron chi connectivity index (χ1n) is 12.0. The quantitative estimate of drug-likeness (QED) is 0.127. The van der Waals surface area contributed by atoms with Gasteiger partial charge in [-0.25, -0.2) is 5.43 Å². The minimum absolute atomic E-state index is 0.181. The van der Waals surface area contributed by atoms with Crippen molar-refractivity contribution < 1.29 is 28.6 Å². The summed E-state index contributed by atoms with van der Waals surface area (Å²) < 4.78 is 16.9. The van der Waals surface area contributed by atoms with E-state index in [0.717, 1.165) is 12.0 Å². The molecule has 0 saturated heterocycles. The van der Waals surface area contributed by atoms with Crippen molar-refractivity contribution in [2.24, 2.45) is 5.10 Å². The van der Waals surface area contributed by atoms with Crippen LogP contribution in [0.1, 0.15) is 23.6 Å². The number of benzene rings is 3. The van der Waals surface area contributed by atoms with Gasteiger partial charge in [0.05, 0.1) is 24.0 Å². The molecular weight excluding hydrogens is 615 g/mol. The number of hydrogen-bond donors (Lipinski definition) is 3. The molecule has 3 aromatic carbocycles. The lowest BCUT2D eigenvalue weighted by Crippen LogP contribution is -2.37. The second-order valence-electron chi connectivity index (χ2n) is 8.15. The number of ether oxygens (including phenoxy) is 3. The summed E-state index contributed by atoms with van der Waals surface area (Å²) >= 11 is 2.05. The molecule has 39 heavy (non-hydrogen) atoms. The van der Waals surface area contributed by atoms with Crippen LogP contribution < -0.4 is 30.3 Å². The third-order valence-electron chi connectivity index (χ3n) is 5.44. The zero-order valence-corrected chi connectivity index (χ0v) is 23.9. The van der Waals surface area contributed by atoms with Gasteiger partial charge in [-0.3, -0.25) is 14.4 Å². The topological polar surface area (TPSA) is 127 Å². The van der Waals surface area contributed by atoms with E-state index < -0.39 is 11.8 Å². The molecule has 0 spiro atoms. The van der Waals surface area contributed by atoms with Gasteiger partial charge in [-0.1, -0.05) is 31.2 Å². The van der Waals surface area contributed by atoms with Crippen LogP contribution in [0.4, 0.5) is 5.69 Å². The highest BCUT2D eigenvalue weighted by Crippen LogP contribution is 2.33. The molecule has 11 heteroatoms. The Labute approximate surface area is 240 Å². The molecule has 0 unspecified atom stereocenters. The molecule has 3 rings (SSSR count). The predicted octanol–water partition coefficient (Wildman–Crippen LogP) is 3.65. The standard InChI is InChI=1S/C28H29IN4O6/c1-4-18-5-9-21(10-6-18)32-25(34)17-39-26-23(29)13-20(14-24(26)38-3)16-31-33-28(36)27(35)30-15-19-7-11-22(37-2)12-8-19/h5-14,16H,4,15,17H2,1-3H3,(H,30,35)(H,32,34)(H,33,36)/b31-16-. The Hall–Kier alpha value is -4.13. The number of halogens is 1. The van der Waals surface area contributed by atoms with Crippen molar-refractivity contribution in [2.45, 2.75) is 19.9 Å². The molecule has 0 fully saturated rings. The van der Waals surface area contributed by atoms with E-state index in [0.29, 0.717) is 32.1 Å². The molecule has 0 radical (unpaired) electrons. The van der Waals surface area contributed by atoms with E-state index >= 15 is 0 Å². The Morgan fingerprint density at radius 2 is 1.62 bits per heavy atom. The molecule has 0 aliphatic heterocycles. The summed E-state index contributed by atoms with van der Waals surface area (Å²) in [5.74, 6) is -0.561. The van der Waals surface area contributed by atoms with Gasteiger partial charge in [0, 0.05) is 12.2 Å². The highest BCUT2D eigenvalue weighted by molar-refractivity contribution is 14.1. The Balaban J connectivity index is 1.52. The van der Waals surface area contributed by atoms with E-state index in [1.807, 2.05) is 24.3 Å². The zero-order chi connectivity index (χ0) is 28.2. The largest absolute Gasteiger partial charge is 0.497 e. The number of rotatable bonds is 11. The number of carbonyl (C=O) groups is 3. The van der Waals surface area contributed by atoms with Crippen LogP contribution in [0.5, 0.6) is 17.2 Å². The number of nitrogens with one attached hydrogen (secondary N) is 3. The number of hydrogen-bond acceptors (Lipinski definition) is 7. The number of aryl methyl sites for hydroxylation is 1. The van der Waals surface area contributed by atoms with Gasteiger partial charge in [-0.05, 0) is 82.1 Å². The highest BCUT2D eigenvalue weighted by Gasteiger charge is 2.15. The molecule has 0 atom stereocenters. The van der Waals surface area contributed by atoms with Crippen LogP contribution in [0, 0.1) is 3.57 Å². The van der Waals surface area contributed by atoms with Crippen LogP contribution in [0.2, 0.25) is 0 Å². The monoisotopic (exact) mass is 644 g/mol. The number of methoxy groups -OCH3 is 2. The van der Waals surface area contributed by atoms with Gasteiger partial charge in [-0.15, -0.1) is 0 Å². The molecule has 0 aliphatic rings. The van der Waals surface area contributed by atoms with E-state index in [9.17, 15) is 14.4 Å². The second-order valence-corrected chi connectivity index (χ2v) is 9.31. The summed E-state index contributed by atoms with van der Waals surface area (Å²) in [6.07, 6.45) is 2.29. The van der Waals surface area contributed by atoms with Crippen LogP contribution in [0.3, 0.4) is 0 Å². The van der Waals surface area contributed by atoms with Crippen LogP contribution in [-0.4, -0.2) is 44.8 Å². The Morgan fingerprint density at radius 1 is 0.923 bits per heavy atom. The summed E-state index contributed by atoms with van der Waals surface area (Å²) in [7, 11) is 3.04. The third kappa shape index (κ3) is 8.99.